The summed E-state index contributed by atoms with van der Waals surface area (Å²) in [5, 5.41) is 19.3. The summed E-state index contributed by atoms with van der Waals surface area (Å²) in [7, 11) is 0. The minimum absolute atomic E-state index is 0.155. The molecule has 0 amide bonds. The van der Waals surface area contributed by atoms with E-state index in [1.807, 2.05) is 19.3 Å². The minimum Gasteiger partial charge on any atom is -0.478 e. The molecule has 1 aromatic carbocycles. The van der Waals surface area contributed by atoms with Gasteiger partial charge in [0, 0.05) is 59.5 Å². The SMILES string of the molecule is C[C@H](N)Cn1ccc2ccc3cnccc3c21.O=C(O)C=CC(=O)O. The summed E-state index contributed by atoms with van der Waals surface area (Å²) in [6.07, 6.45) is 6.96. The fourth-order valence-electron chi connectivity index (χ4n) is 2.47. The standard InChI is InChI=1S/C14H15N3.C4H4O4/c1-10(15)9-17-7-5-11-2-3-12-8-16-6-4-13(12)14(11)17;5-3(6)1-2-4(7)8/h2-8,10H,9,15H2,1H3;1-2H,(H,5,6)(H,7,8)/t10-;/m0./s1. The number of fused-ring (bicyclic) bond motifs is 3. The van der Waals surface area contributed by atoms with Crippen molar-refractivity contribution in [1.29, 1.82) is 0 Å². The van der Waals surface area contributed by atoms with Crippen LogP contribution in [-0.4, -0.2) is 37.7 Å². The van der Waals surface area contributed by atoms with Crippen LogP contribution >= 0.6 is 0 Å². The zero-order valence-corrected chi connectivity index (χ0v) is 13.7. The lowest BCUT2D eigenvalue weighted by atomic mass is 10.1. The molecule has 2 aromatic heterocycles. The molecule has 0 fully saturated rings. The number of aromatic nitrogens is 2. The van der Waals surface area contributed by atoms with Crippen molar-refractivity contribution >= 4 is 33.6 Å². The van der Waals surface area contributed by atoms with E-state index in [4.69, 9.17) is 15.9 Å². The Hall–Kier alpha value is -3.19. The second-order valence-corrected chi connectivity index (χ2v) is 5.56. The zero-order chi connectivity index (χ0) is 18.4. The minimum atomic E-state index is -1.26. The van der Waals surface area contributed by atoms with E-state index in [0.717, 1.165) is 6.54 Å². The van der Waals surface area contributed by atoms with E-state index in [9.17, 15) is 9.59 Å². The molecule has 0 saturated heterocycles. The fourth-order valence-corrected chi connectivity index (χ4v) is 2.47. The molecule has 0 unspecified atom stereocenters. The van der Waals surface area contributed by atoms with Gasteiger partial charge in [-0.15, -0.1) is 0 Å². The fraction of sp³-hybridized carbons (Fsp3) is 0.167. The Morgan fingerprint density at radius 1 is 1.16 bits per heavy atom. The lowest BCUT2D eigenvalue weighted by molar-refractivity contribution is -0.134. The van der Waals surface area contributed by atoms with Gasteiger partial charge < -0.3 is 20.5 Å². The Morgan fingerprint density at radius 3 is 2.40 bits per heavy atom. The number of carboxylic acids is 2. The van der Waals surface area contributed by atoms with Gasteiger partial charge in [-0.25, -0.2) is 9.59 Å². The van der Waals surface area contributed by atoms with Crippen LogP contribution in [0.25, 0.3) is 21.7 Å². The molecular formula is C18H19N3O4. The van der Waals surface area contributed by atoms with Gasteiger partial charge in [0.25, 0.3) is 0 Å². The van der Waals surface area contributed by atoms with E-state index < -0.39 is 11.9 Å². The quantitative estimate of drug-likeness (QED) is 0.626. The number of carboxylic acid groups (broad SMARTS) is 2. The first-order valence-electron chi connectivity index (χ1n) is 7.59. The van der Waals surface area contributed by atoms with Gasteiger partial charge in [0.15, 0.2) is 0 Å². The Kier molecular flexibility index (Phi) is 5.86. The third kappa shape index (κ3) is 4.89. The number of rotatable bonds is 4. The molecule has 4 N–H and O–H groups in total. The van der Waals surface area contributed by atoms with Crippen molar-refractivity contribution in [2.45, 2.75) is 19.5 Å². The number of pyridine rings is 1. The van der Waals surface area contributed by atoms with E-state index in [1.54, 1.807) is 0 Å². The van der Waals surface area contributed by atoms with Gasteiger partial charge in [-0.1, -0.05) is 12.1 Å². The summed E-state index contributed by atoms with van der Waals surface area (Å²) >= 11 is 0. The van der Waals surface area contributed by atoms with Crippen LogP contribution in [0.2, 0.25) is 0 Å². The molecule has 0 aliphatic carbocycles. The molecule has 7 nitrogen and oxygen atoms in total. The second-order valence-electron chi connectivity index (χ2n) is 5.56. The first kappa shape index (κ1) is 18.2. The lowest BCUT2D eigenvalue weighted by Gasteiger charge is -2.10. The highest BCUT2D eigenvalue weighted by Crippen LogP contribution is 2.25. The Morgan fingerprint density at radius 2 is 1.80 bits per heavy atom. The van der Waals surface area contributed by atoms with Crippen molar-refractivity contribution in [3.05, 3.63) is 55.0 Å². The van der Waals surface area contributed by atoms with E-state index in [2.05, 4.69) is 40.0 Å². The normalized spacial score (nSPS) is 12.1. The average Bonchev–Trinajstić information content (AvgIpc) is 2.96. The van der Waals surface area contributed by atoms with Crippen LogP contribution in [0.1, 0.15) is 6.92 Å². The topological polar surface area (TPSA) is 118 Å². The average molecular weight is 341 g/mol. The van der Waals surface area contributed by atoms with E-state index in [-0.39, 0.29) is 6.04 Å². The smallest absolute Gasteiger partial charge is 0.328 e. The van der Waals surface area contributed by atoms with Gasteiger partial charge in [-0.3, -0.25) is 4.98 Å². The van der Waals surface area contributed by atoms with Crippen LogP contribution in [0.15, 0.2) is 55.0 Å². The van der Waals surface area contributed by atoms with Gasteiger partial charge in [0.2, 0.25) is 0 Å². The van der Waals surface area contributed by atoms with Crippen LogP contribution in [-0.2, 0) is 16.1 Å². The summed E-state index contributed by atoms with van der Waals surface area (Å²) < 4.78 is 2.22. The zero-order valence-electron chi connectivity index (χ0n) is 13.7. The molecule has 130 valence electrons. The molecule has 0 aliphatic rings. The molecule has 0 saturated carbocycles. The van der Waals surface area contributed by atoms with Crippen molar-refractivity contribution in [2.75, 3.05) is 0 Å². The van der Waals surface area contributed by atoms with Crippen molar-refractivity contribution in [1.82, 2.24) is 9.55 Å². The highest BCUT2D eigenvalue weighted by atomic mass is 16.4. The van der Waals surface area contributed by atoms with E-state index in [1.165, 1.54) is 21.7 Å². The van der Waals surface area contributed by atoms with E-state index in [0.29, 0.717) is 12.2 Å². The third-order valence-electron chi connectivity index (χ3n) is 3.40. The third-order valence-corrected chi connectivity index (χ3v) is 3.40. The van der Waals surface area contributed by atoms with Gasteiger partial charge in [0.05, 0.1) is 5.52 Å². The molecule has 2 heterocycles. The number of nitrogens with zero attached hydrogens (tertiary/aromatic N) is 2. The lowest BCUT2D eigenvalue weighted by Crippen LogP contribution is -2.21. The molecule has 3 rings (SSSR count). The summed E-state index contributed by atoms with van der Waals surface area (Å²) in [4.78, 5) is 23.3. The maximum atomic E-state index is 9.55. The predicted octanol–water partition coefficient (Wildman–Crippen LogP) is 2.25. The number of aliphatic carboxylic acids is 2. The molecule has 7 heteroatoms. The van der Waals surface area contributed by atoms with Gasteiger partial charge in [0.1, 0.15) is 0 Å². The Balaban J connectivity index is 0.000000242. The highest BCUT2D eigenvalue weighted by molar-refractivity contribution is 6.05. The summed E-state index contributed by atoms with van der Waals surface area (Å²) in [5.41, 5.74) is 7.14. The number of hydrogen-bond donors (Lipinski definition) is 3. The van der Waals surface area contributed by atoms with Crippen LogP contribution in [0.5, 0.6) is 0 Å². The largest absolute Gasteiger partial charge is 0.478 e. The van der Waals surface area contributed by atoms with Crippen LogP contribution < -0.4 is 5.73 Å². The van der Waals surface area contributed by atoms with Crippen LogP contribution in [0.3, 0.4) is 0 Å². The molecule has 0 radical (unpaired) electrons. The van der Waals surface area contributed by atoms with Crippen LogP contribution in [0.4, 0.5) is 0 Å². The highest BCUT2D eigenvalue weighted by Gasteiger charge is 2.06. The van der Waals surface area contributed by atoms with Crippen molar-refractivity contribution < 1.29 is 19.8 Å². The molecule has 3 aromatic rings. The van der Waals surface area contributed by atoms with Gasteiger partial charge >= 0.3 is 11.9 Å². The molecule has 0 bridgehead atoms. The van der Waals surface area contributed by atoms with E-state index >= 15 is 0 Å². The predicted molar refractivity (Wildman–Crippen MR) is 95.3 cm³/mol. The number of hydrogen-bond acceptors (Lipinski definition) is 4. The molecular weight excluding hydrogens is 322 g/mol. The Labute approximate surface area is 144 Å². The maximum Gasteiger partial charge on any atom is 0.328 e. The molecule has 25 heavy (non-hydrogen) atoms. The first-order chi connectivity index (χ1) is 11.9. The second kappa shape index (κ2) is 8.07. The van der Waals surface area contributed by atoms with Crippen LogP contribution in [0, 0.1) is 0 Å². The van der Waals surface area contributed by atoms with Crippen molar-refractivity contribution in [2.24, 2.45) is 5.73 Å². The van der Waals surface area contributed by atoms with Crippen molar-refractivity contribution in [3.63, 3.8) is 0 Å². The molecule has 0 aliphatic heterocycles. The summed E-state index contributed by atoms with van der Waals surface area (Å²) in [6, 6.07) is 8.60. The molecule has 1 atom stereocenters. The van der Waals surface area contributed by atoms with Gasteiger partial charge in [-0.05, 0) is 19.1 Å². The number of benzene rings is 1. The summed E-state index contributed by atoms with van der Waals surface area (Å²) in [6.45, 7) is 2.86. The number of nitrogens with two attached hydrogens (primary N) is 1. The monoisotopic (exact) mass is 341 g/mol. The summed E-state index contributed by atoms with van der Waals surface area (Å²) in [5.74, 6) is -2.51. The molecule has 0 spiro atoms. The first-order valence-corrected chi connectivity index (χ1v) is 7.59. The van der Waals surface area contributed by atoms with Crippen molar-refractivity contribution in [3.8, 4) is 0 Å². The Bertz CT molecular complexity index is 912. The maximum absolute atomic E-state index is 9.55. The number of carbonyl (C=O) groups is 2. The van der Waals surface area contributed by atoms with Gasteiger partial charge in [-0.2, -0.15) is 0 Å².